The molecule has 1 aromatic carbocycles. The highest BCUT2D eigenvalue weighted by Crippen LogP contribution is 2.38. The first kappa shape index (κ1) is 24.3. The number of rotatable bonds is 7. The predicted molar refractivity (Wildman–Crippen MR) is 139 cm³/mol. The molecular formula is C27H34N6O3. The average Bonchev–Trinajstić information content (AvgIpc) is 3.52. The highest BCUT2D eigenvalue weighted by atomic mass is 16.5. The standard InChI is InChI=1S/C27H34N6O3/c1-6-31(4)24(34)15-32-9-10-36-23(14-32)18-7-8-21-20(11-18)25(17(2)3)26(30-21)19-12-22(35-5)27-28-16-29-33(27)13-19/h7-8,11-13,16-17,23,30H,6,9-10,14-15H2,1-5H3. The number of benzene rings is 1. The first-order chi connectivity index (χ1) is 17.4. The van der Waals surface area contributed by atoms with Crippen molar-refractivity contribution in [2.24, 2.45) is 0 Å². The van der Waals surface area contributed by atoms with Crippen molar-refractivity contribution in [1.82, 2.24) is 29.4 Å². The summed E-state index contributed by atoms with van der Waals surface area (Å²) in [5.41, 5.74) is 6.16. The van der Waals surface area contributed by atoms with Crippen LogP contribution < -0.4 is 4.74 Å². The van der Waals surface area contributed by atoms with Gasteiger partial charge in [-0.25, -0.2) is 9.50 Å². The highest BCUT2D eigenvalue weighted by Gasteiger charge is 2.26. The minimum atomic E-state index is -0.0761. The van der Waals surface area contributed by atoms with Crippen LogP contribution in [-0.4, -0.2) is 82.2 Å². The lowest BCUT2D eigenvalue weighted by atomic mass is 9.95. The molecule has 0 spiro atoms. The van der Waals surface area contributed by atoms with Crippen LogP contribution in [0.15, 0.2) is 36.8 Å². The van der Waals surface area contributed by atoms with Crippen molar-refractivity contribution in [1.29, 1.82) is 0 Å². The lowest BCUT2D eigenvalue weighted by Gasteiger charge is -2.33. The second-order valence-electron chi connectivity index (χ2n) is 9.70. The Hall–Kier alpha value is -3.43. The molecule has 36 heavy (non-hydrogen) atoms. The van der Waals surface area contributed by atoms with E-state index < -0.39 is 0 Å². The summed E-state index contributed by atoms with van der Waals surface area (Å²) in [4.78, 5) is 24.3. The molecule has 9 nitrogen and oxygen atoms in total. The van der Waals surface area contributed by atoms with Crippen LogP contribution in [0.25, 0.3) is 27.8 Å². The molecule has 5 rings (SSSR count). The molecular weight excluding hydrogens is 456 g/mol. The quantitative estimate of drug-likeness (QED) is 0.423. The number of hydrogen-bond acceptors (Lipinski definition) is 6. The van der Waals surface area contributed by atoms with E-state index in [1.165, 1.54) is 17.3 Å². The number of carbonyl (C=O) groups excluding carboxylic acids is 1. The van der Waals surface area contributed by atoms with Crippen LogP contribution in [0.4, 0.5) is 0 Å². The third kappa shape index (κ3) is 4.44. The second-order valence-corrected chi connectivity index (χ2v) is 9.70. The minimum Gasteiger partial charge on any atom is -0.493 e. The van der Waals surface area contributed by atoms with E-state index in [-0.39, 0.29) is 17.9 Å². The summed E-state index contributed by atoms with van der Waals surface area (Å²) in [6, 6.07) is 8.50. The van der Waals surface area contributed by atoms with Gasteiger partial charge in [-0.15, -0.1) is 0 Å². The number of nitrogens with zero attached hydrogens (tertiary/aromatic N) is 5. The fourth-order valence-corrected chi connectivity index (χ4v) is 4.98. The molecule has 1 unspecified atom stereocenters. The number of fused-ring (bicyclic) bond motifs is 2. The Labute approximate surface area is 211 Å². The number of aromatic amines is 1. The van der Waals surface area contributed by atoms with Gasteiger partial charge in [0, 0.05) is 49.3 Å². The lowest BCUT2D eigenvalue weighted by molar-refractivity contribution is -0.133. The molecule has 190 valence electrons. The second kappa shape index (κ2) is 9.91. The third-order valence-electron chi connectivity index (χ3n) is 7.07. The lowest BCUT2D eigenvalue weighted by Crippen LogP contribution is -2.44. The van der Waals surface area contributed by atoms with Crippen molar-refractivity contribution in [3.8, 4) is 17.0 Å². The summed E-state index contributed by atoms with van der Waals surface area (Å²) in [5.74, 6) is 1.11. The van der Waals surface area contributed by atoms with Crippen LogP contribution in [0, 0.1) is 0 Å². The zero-order valence-corrected chi connectivity index (χ0v) is 21.6. The molecule has 9 heteroatoms. The van der Waals surface area contributed by atoms with Gasteiger partial charge in [-0.3, -0.25) is 9.69 Å². The molecule has 0 bridgehead atoms. The van der Waals surface area contributed by atoms with Gasteiger partial charge in [0.15, 0.2) is 11.4 Å². The number of aromatic nitrogens is 4. The Bertz CT molecular complexity index is 1390. The molecule has 0 radical (unpaired) electrons. The Kier molecular flexibility index (Phi) is 6.68. The van der Waals surface area contributed by atoms with Crippen molar-refractivity contribution < 1.29 is 14.3 Å². The summed E-state index contributed by atoms with van der Waals surface area (Å²) >= 11 is 0. The van der Waals surface area contributed by atoms with E-state index in [1.54, 1.807) is 16.5 Å². The fourth-order valence-electron chi connectivity index (χ4n) is 4.98. The van der Waals surface area contributed by atoms with Gasteiger partial charge >= 0.3 is 0 Å². The molecule has 1 amide bonds. The van der Waals surface area contributed by atoms with Gasteiger partial charge < -0.3 is 19.4 Å². The molecule has 4 heterocycles. The van der Waals surface area contributed by atoms with Crippen LogP contribution in [0.2, 0.25) is 0 Å². The van der Waals surface area contributed by atoms with Crippen molar-refractivity contribution in [2.75, 3.05) is 46.9 Å². The van der Waals surface area contributed by atoms with Gasteiger partial charge in [0.2, 0.25) is 5.91 Å². The van der Waals surface area contributed by atoms with Crippen LogP contribution in [0.3, 0.4) is 0 Å². The molecule has 1 saturated heterocycles. The van der Waals surface area contributed by atoms with E-state index in [2.05, 4.69) is 52.0 Å². The van der Waals surface area contributed by atoms with Gasteiger partial charge in [0.25, 0.3) is 0 Å². The molecule has 1 N–H and O–H groups in total. The van der Waals surface area contributed by atoms with E-state index >= 15 is 0 Å². The number of morpholine rings is 1. The predicted octanol–water partition coefficient (Wildman–Crippen LogP) is 3.86. The normalized spacial score (nSPS) is 16.8. The zero-order chi connectivity index (χ0) is 25.4. The number of amides is 1. The van der Waals surface area contributed by atoms with Crippen molar-refractivity contribution in [3.05, 3.63) is 47.9 Å². The maximum absolute atomic E-state index is 12.4. The summed E-state index contributed by atoms with van der Waals surface area (Å²) in [7, 11) is 3.50. The van der Waals surface area contributed by atoms with Crippen molar-refractivity contribution in [3.63, 3.8) is 0 Å². The SMILES string of the molecule is CCN(C)C(=O)CN1CCOC(c2ccc3[nH]c(-c4cc(OC)c5ncnn5c4)c(C(C)C)c3c2)C1. The van der Waals surface area contributed by atoms with Crippen molar-refractivity contribution in [2.45, 2.75) is 32.8 Å². The molecule has 0 saturated carbocycles. The smallest absolute Gasteiger partial charge is 0.236 e. The van der Waals surface area contributed by atoms with E-state index in [9.17, 15) is 4.79 Å². The van der Waals surface area contributed by atoms with E-state index in [0.717, 1.165) is 28.9 Å². The topological polar surface area (TPSA) is 88.0 Å². The molecule has 3 aromatic heterocycles. The number of pyridine rings is 1. The number of ether oxygens (including phenoxy) is 2. The van der Waals surface area contributed by atoms with Crippen LogP contribution in [0.5, 0.6) is 5.75 Å². The first-order valence-corrected chi connectivity index (χ1v) is 12.5. The highest BCUT2D eigenvalue weighted by molar-refractivity contribution is 5.92. The zero-order valence-electron chi connectivity index (χ0n) is 21.6. The Morgan fingerprint density at radius 3 is 2.92 bits per heavy atom. The van der Waals surface area contributed by atoms with Gasteiger partial charge in [-0.1, -0.05) is 19.9 Å². The van der Waals surface area contributed by atoms with Crippen LogP contribution >= 0.6 is 0 Å². The average molecular weight is 491 g/mol. The number of methoxy groups -OCH3 is 1. The van der Waals surface area contributed by atoms with Crippen molar-refractivity contribution >= 4 is 22.5 Å². The van der Waals surface area contributed by atoms with Crippen LogP contribution in [0.1, 0.15) is 43.9 Å². The fraction of sp³-hybridized carbons (Fsp3) is 0.444. The van der Waals surface area contributed by atoms with Crippen LogP contribution in [-0.2, 0) is 9.53 Å². The molecule has 1 atom stereocenters. The summed E-state index contributed by atoms with van der Waals surface area (Å²) in [6.45, 7) is 9.62. The number of nitrogens with one attached hydrogen (secondary N) is 1. The molecule has 0 aliphatic carbocycles. The first-order valence-electron chi connectivity index (χ1n) is 12.5. The third-order valence-corrected chi connectivity index (χ3v) is 7.07. The van der Waals surface area contributed by atoms with E-state index in [4.69, 9.17) is 9.47 Å². The molecule has 1 aliphatic heterocycles. The number of carbonyl (C=O) groups is 1. The number of hydrogen-bond donors (Lipinski definition) is 1. The minimum absolute atomic E-state index is 0.0761. The number of likely N-dealkylation sites (N-methyl/N-ethyl adjacent to an activating group) is 1. The summed E-state index contributed by atoms with van der Waals surface area (Å²) < 4.78 is 13.5. The van der Waals surface area contributed by atoms with Gasteiger partial charge in [-0.05, 0) is 42.2 Å². The van der Waals surface area contributed by atoms with Gasteiger partial charge in [-0.2, -0.15) is 5.10 Å². The Morgan fingerprint density at radius 1 is 1.33 bits per heavy atom. The molecule has 4 aromatic rings. The largest absolute Gasteiger partial charge is 0.493 e. The molecule has 1 fully saturated rings. The Balaban J connectivity index is 1.50. The number of H-pyrrole nitrogens is 1. The summed E-state index contributed by atoms with van der Waals surface area (Å²) in [6.07, 6.45) is 3.44. The summed E-state index contributed by atoms with van der Waals surface area (Å²) in [5, 5.41) is 5.50. The van der Waals surface area contributed by atoms with E-state index in [0.29, 0.717) is 37.6 Å². The Morgan fingerprint density at radius 2 is 2.17 bits per heavy atom. The van der Waals surface area contributed by atoms with E-state index in [1.807, 2.05) is 26.2 Å². The monoisotopic (exact) mass is 490 g/mol. The van der Waals surface area contributed by atoms with Gasteiger partial charge in [0.05, 0.1) is 32.1 Å². The maximum atomic E-state index is 12.4. The maximum Gasteiger partial charge on any atom is 0.236 e. The molecule has 1 aliphatic rings. The van der Waals surface area contributed by atoms with Gasteiger partial charge in [0.1, 0.15) is 6.33 Å².